The van der Waals surface area contributed by atoms with Crippen molar-refractivity contribution in [2.75, 3.05) is 43.9 Å². The maximum Gasteiger partial charge on any atom is 0.253 e. The molecule has 1 aromatic heterocycles. The highest BCUT2D eigenvalue weighted by molar-refractivity contribution is 7.91. The summed E-state index contributed by atoms with van der Waals surface area (Å²) in [4.78, 5) is 22.0. The Balaban J connectivity index is 1.12. The van der Waals surface area contributed by atoms with E-state index in [1.807, 2.05) is 30.3 Å². The molecular formula is C28H28N4O5S3. The highest BCUT2D eigenvalue weighted by Gasteiger charge is 2.29. The average Bonchev–Trinajstić information content (AvgIpc) is 3.41. The third kappa shape index (κ3) is 5.00. The Morgan fingerprint density at radius 1 is 0.825 bits per heavy atom. The maximum absolute atomic E-state index is 13.3. The Morgan fingerprint density at radius 2 is 1.52 bits per heavy atom. The first-order valence-corrected chi connectivity index (χ1v) is 17.1. The van der Waals surface area contributed by atoms with Crippen LogP contribution in [0.2, 0.25) is 0 Å². The number of carbonyl (C=O) groups is 1. The van der Waals surface area contributed by atoms with Gasteiger partial charge in [0, 0.05) is 51.1 Å². The van der Waals surface area contributed by atoms with Gasteiger partial charge >= 0.3 is 0 Å². The van der Waals surface area contributed by atoms with Gasteiger partial charge in [-0.3, -0.25) is 4.79 Å². The number of anilines is 1. The van der Waals surface area contributed by atoms with Crippen molar-refractivity contribution in [1.29, 1.82) is 0 Å². The molecular weight excluding hydrogens is 569 g/mol. The highest BCUT2D eigenvalue weighted by Crippen LogP contribution is 2.33. The number of carbonyl (C=O) groups excluding carboxylic acids is 1. The predicted molar refractivity (Wildman–Crippen MR) is 155 cm³/mol. The van der Waals surface area contributed by atoms with Crippen molar-refractivity contribution < 1.29 is 21.6 Å². The van der Waals surface area contributed by atoms with Crippen LogP contribution in [0.25, 0.3) is 10.2 Å². The lowest BCUT2D eigenvalue weighted by Crippen LogP contribution is -2.48. The minimum absolute atomic E-state index is 0.154. The van der Waals surface area contributed by atoms with E-state index in [1.54, 1.807) is 29.2 Å². The fourth-order valence-electron chi connectivity index (χ4n) is 5.22. The summed E-state index contributed by atoms with van der Waals surface area (Å²) in [5.41, 5.74) is 3.11. The fourth-order valence-corrected chi connectivity index (χ4v) is 8.58. The number of benzene rings is 3. The van der Waals surface area contributed by atoms with Gasteiger partial charge in [0.15, 0.2) is 15.0 Å². The first-order chi connectivity index (χ1) is 19.1. The lowest BCUT2D eigenvalue weighted by molar-refractivity contribution is 0.0746. The van der Waals surface area contributed by atoms with E-state index in [0.717, 1.165) is 15.4 Å². The largest absolute Gasteiger partial charge is 0.345 e. The molecule has 0 atom stereocenters. The molecule has 1 saturated heterocycles. The number of aromatic nitrogens is 1. The second-order valence-corrected chi connectivity index (χ2v) is 15.0. The Hall–Kier alpha value is -3.32. The zero-order valence-corrected chi connectivity index (χ0v) is 24.3. The van der Waals surface area contributed by atoms with Gasteiger partial charge in [0.2, 0.25) is 10.0 Å². The molecule has 3 heterocycles. The van der Waals surface area contributed by atoms with Crippen LogP contribution in [0.3, 0.4) is 0 Å². The standard InChI is InChI=1S/C28H28N4O5S3/c1-39(34,35)25-8-4-7-24-26(25)29-28(38-24)31-17-15-30(16-18-31)27(33)21-9-11-23(12-10-21)40(36,37)32-14-13-20-5-2-3-6-22(20)19-32/h2-12H,13-19H2,1H3. The molecule has 0 bridgehead atoms. The first kappa shape index (κ1) is 26.9. The lowest BCUT2D eigenvalue weighted by atomic mass is 10.0. The van der Waals surface area contributed by atoms with Gasteiger partial charge < -0.3 is 9.80 Å². The minimum Gasteiger partial charge on any atom is -0.345 e. The molecule has 2 aliphatic heterocycles. The molecule has 40 heavy (non-hydrogen) atoms. The summed E-state index contributed by atoms with van der Waals surface area (Å²) in [6.07, 6.45) is 1.85. The number of para-hydroxylation sites is 1. The second-order valence-electron chi connectivity index (χ2n) is 10.0. The topological polar surface area (TPSA) is 108 Å². The van der Waals surface area contributed by atoms with Crippen LogP contribution in [0.4, 0.5) is 5.13 Å². The summed E-state index contributed by atoms with van der Waals surface area (Å²) in [5, 5.41) is 0.730. The molecule has 0 N–H and O–H groups in total. The number of amides is 1. The molecule has 6 rings (SSSR count). The number of hydrogen-bond donors (Lipinski definition) is 0. The van der Waals surface area contributed by atoms with Crippen LogP contribution in [-0.2, 0) is 32.8 Å². The molecule has 0 aliphatic carbocycles. The van der Waals surface area contributed by atoms with E-state index < -0.39 is 19.9 Å². The van der Waals surface area contributed by atoms with Gasteiger partial charge in [-0.1, -0.05) is 41.7 Å². The van der Waals surface area contributed by atoms with Gasteiger partial charge in [0.25, 0.3) is 5.91 Å². The molecule has 12 heteroatoms. The highest BCUT2D eigenvalue weighted by atomic mass is 32.2. The molecule has 2 aliphatic rings. The zero-order valence-electron chi connectivity index (χ0n) is 21.9. The summed E-state index contributed by atoms with van der Waals surface area (Å²) in [7, 11) is -7.07. The average molecular weight is 597 g/mol. The van der Waals surface area contributed by atoms with E-state index in [9.17, 15) is 21.6 Å². The van der Waals surface area contributed by atoms with Crippen LogP contribution in [0.5, 0.6) is 0 Å². The van der Waals surface area contributed by atoms with Gasteiger partial charge in [-0.25, -0.2) is 21.8 Å². The van der Waals surface area contributed by atoms with E-state index in [0.29, 0.717) is 56.8 Å². The van der Waals surface area contributed by atoms with Crippen LogP contribution in [0.15, 0.2) is 76.5 Å². The van der Waals surface area contributed by atoms with Crippen molar-refractivity contribution in [3.63, 3.8) is 0 Å². The number of fused-ring (bicyclic) bond motifs is 2. The van der Waals surface area contributed by atoms with Gasteiger partial charge in [-0.2, -0.15) is 4.31 Å². The lowest BCUT2D eigenvalue weighted by Gasteiger charge is -2.34. The van der Waals surface area contributed by atoms with Crippen LogP contribution in [0.1, 0.15) is 21.5 Å². The van der Waals surface area contributed by atoms with Gasteiger partial charge in [0.05, 0.1) is 14.5 Å². The number of nitrogens with zero attached hydrogens (tertiary/aromatic N) is 4. The Bertz CT molecular complexity index is 1810. The Labute approximate surface area is 237 Å². The summed E-state index contributed by atoms with van der Waals surface area (Å²) in [6, 6.07) is 19.2. The van der Waals surface area contributed by atoms with Crippen LogP contribution in [0, 0.1) is 0 Å². The second kappa shape index (κ2) is 10.3. The van der Waals surface area contributed by atoms with Gasteiger partial charge in [-0.15, -0.1) is 0 Å². The van der Waals surface area contributed by atoms with Crippen molar-refractivity contribution in [2.45, 2.75) is 22.8 Å². The first-order valence-electron chi connectivity index (χ1n) is 12.9. The van der Waals surface area contributed by atoms with Crippen LogP contribution >= 0.6 is 11.3 Å². The van der Waals surface area contributed by atoms with Crippen LogP contribution < -0.4 is 4.90 Å². The summed E-state index contributed by atoms with van der Waals surface area (Å²) >= 11 is 1.44. The molecule has 0 unspecified atom stereocenters. The maximum atomic E-state index is 13.3. The molecule has 208 valence electrons. The van der Waals surface area contributed by atoms with Crippen molar-refractivity contribution >= 4 is 52.5 Å². The van der Waals surface area contributed by atoms with Crippen molar-refractivity contribution in [3.05, 3.63) is 83.4 Å². The molecule has 3 aromatic carbocycles. The molecule has 0 spiro atoms. The van der Waals surface area contributed by atoms with E-state index in [4.69, 9.17) is 0 Å². The quantitative estimate of drug-likeness (QED) is 0.348. The van der Waals surface area contributed by atoms with Crippen molar-refractivity contribution in [2.24, 2.45) is 0 Å². The number of sulfone groups is 1. The zero-order chi connectivity index (χ0) is 28.1. The summed E-state index contributed by atoms with van der Waals surface area (Å²) < 4.78 is 53.2. The number of sulfonamides is 1. The monoisotopic (exact) mass is 596 g/mol. The third-order valence-corrected chi connectivity index (χ3v) is 11.5. The number of piperazine rings is 1. The normalized spacial score (nSPS) is 16.7. The molecule has 9 nitrogen and oxygen atoms in total. The number of rotatable bonds is 5. The van der Waals surface area contributed by atoms with Gasteiger partial charge in [-0.05, 0) is 53.9 Å². The molecule has 1 fully saturated rings. The molecule has 1 amide bonds. The van der Waals surface area contributed by atoms with Gasteiger partial charge in [0.1, 0.15) is 5.52 Å². The number of thiazole rings is 1. The Kier molecular flexibility index (Phi) is 6.89. The predicted octanol–water partition coefficient (Wildman–Crippen LogP) is 3.41. The molecule has 4 aromatic rings. The fraction of sp³-hybridized carbons (Fsp3) is 0.286. The van der Waals surface area contributed by atoms with E-state index in [1.165, 1.54) is 39.6 Å². The smallest absolute Gasteiger partial charge is 0.253 e. The van der Waals surface area contributed by atoms with Crippen molar-refractivity contribution in [1.82, 2.24) is 14.2 Å². The summed E-state index contributed by atoms with van der Waals surface area (Å²) in [6.45, 7) is 2.83. The SMILES string of the molecule is CS(=O)(=O)c1cccc2sc(N3CCN(C(=O)c4ccc(S(=O)(=O)N5CCc6ccccc6C5)cc4)CC3)nc12. The van der Waals surface area contributed by atoms with Crippen LogP contribution in [-0.4, -0.2) is 75.9 Å². The van der Waals surface area contributed by atoms with E-state index in [2.05, 4.69) is 9.88 Å². The molecule has 0 radical (unpaired) electrons. The number of hydrogen-bond acceptors (Lipinski definition) is 8. The van der Waals surface area contributed by atoms with E-state index >= 15 is 0 Å². The molecule has 0 saturated carbocycles. The third-order valence-electron chi connectivity index (χ3n) is 7.44. The summed E-state index contributed by atoms with van der Waals surface area (Å²) in [5.74, 6) is -0.154. The minimum atomic E-state index is -3.68. The Morgan fingerprint density at radius 3 is 2.23 bits per heavy atom. The van der Waals surface area contributed by atoms with Crippen molar-refractivity contribution in [3.8, 4) is 0 Å². The van der Waals surface area contributed by atoms with E-state index in [-0.39, 0.29) is 15.7 Å².